The molecule has 0 atom stereocenters. The van der Waals surface area contributed by atoms with Crippen LogP contribution in [0.5, 0.6) is 0 Å². The van der Waals surface area contributed by atoms with Gasteiger partial charge in [0.15, 0.2) is 0 Å². The van der Waals surface area contributed by atoms with Gasteiger partial charge in [0.05, 0.1) is 0 Å². The van der Waals surface area contributed by atoms with Crippen molar-refractivity contribution < 1.29 is 4.79 Å². The van der Waals surface area contributed by atoms with Crippen molar-refractivity contribution in [2.24, 2.45) is 0 Å². The first-order valence-electron chi connectivity index (χ1n) is 3.47. The highest BCUT2D eigenvalue weighted by Crippen LogP contribution is 1.85. The van der Waals surface area contributed by atoms with E-state index < -0.39 is 0 Å². The smallest absolute Gasteiger partial charge is 0.247 e. The van der Waals surface area contributed by atoms with Gasteiger partial charge in [-0.3, -0.25) is 4.79 Å². The van der Waals surface area contributed by atoms with Gasteiger partial charge in [0.1, 0.15) is 0 Å². The zero-order valence-electron chi connectivity index (χ0n) is 6.98. The molecule has 0 radical (unpaired) electrons. The van der Waals surface area contributed by atoms with Crippen molar-refractivity contribution in [2.45, 2.75) is 6.92 Å². The van der Waals surface area contributed by atoms with E-state index in [1.807, 2.05) is 20.0 Å². The molecular formula is C8H14N2O. The van der Waals surface area contributed by atoms with E-state index in [2.05, 4.69) is 17.2 Å². The molecule has 3 nitrogen and oxygen atoms in total. The van der Waals surface area contributed by atoms with Gasteiger partial charge in [-0.1, -0.05) is 12.7 Å². The normalized spacial score (nSPS) is 10.9. The molecular weight excluding hydrogens is 140 g/mol. The van der Waals surface area contributed by atoms with E-state index in [1.165, 1.54) is 6.08 Å². The van der Waals surface area contributed by atoms with Crippen molar-refractivity contribution in [3.63, 3.8) is 0 Å². The fourth-order valence-electron chi connectivity index (χ4n) is 0.618. The molecule has 0 rings (SSSR count). The third-order valence-electron chi connectivity index (χ3n) is 1.18. The van der Waals surface area contributed by atoms with E-state index in [0.717, 1.165) is 5.70 Å². The Hall–Kier alpha value is -1.09. The molecule has 11 heavy (non-hydrogen) atoms. The number of allylic oxidation sites excluding steroid dienone is 1. The Morgan fingerprint density at radius 2 is 2.27 bits per heavy atom. The van der Waals surface area contributed by atoms with Crippen LogP contribution in [0.25, 0.3) is 0 Å². The van der Waals surface area contributed by atoms with Gasteiger partial charge in [0.2, 0.25) is 5.91 Å². The van der Waals surface area contributed by atoms with Crippen LogP contribution < -0.4 is 10.6 Å². The summed E-state index contributed by atoms with van der Waals surface area (Å²) in [5, 5.41) is 5.59. The number of carbonyl (C=O) groups excluding carboxylic acids is 1. The first-order valence-corrected chi connectivity index (χ1v) is 3.47. The van der Waals surface area contributed by atoms with E-state index in [4.69, 9.17) is 0 Å². The minimum atomic E-state index is -0.173. The lowest BCUT2D eigenvalue weighted by Crippen LogP contribution is -2.26. The highest BCUT2D eigenvalue weighted by Gasteiger charge is 1.96. The lowest BCUT2D eigenvalue weighted by atomic mass is 10.4. The van der Waals surface area contributed by atoms with Gasteiger partial charge < -0.3 is 10.6 Å². The summed E-state index contributed by atoms with van der Waals surface area (Å²) in [6, 6.07) is 0. The molecule has 0 spiro atoms. The van der Waals surface area contributed by atoms with Crippen LogP contribution in [0.4, 0.5) is 0 Å². The molecule has 0 aliphatic heterocycles. The molecule has 0 unspecified atom stereocenters. The van der Waals surface area contributed by atoms with Crippen LogP contribution in [0.3, 0.4) is 0 Å². The molecule has 0 aromatic heterocycles. The van der Waals surface area contributed by atoms with Crippen LogP contribution in [-0.2, 0) is 4.79 Å². The maximum atomic E-state index is 10.8. The van der Waals surface area contributed by atoms with Gasteiger partial charge in [-0.15, -0.1) is 0 Å². The fraction of sp³-hybridized carbons (Fsp3) is 0.375. The van der Waals surface area contributed by atoms with Gasteiger partial charge in [-0.2, -0.15) is 0 Å². The lowest BCUT2D eigenvalue weighted by molar-refractivity contribution is -0.115. The van der Waals surface area contributed by atoms with E-state index in [1.54, 1.807) is 0 Å². The van der Waals surface area contributed by atoms with Crippen molar-refractivity contribution in [2.75, 3.05) is 13.6 Å². The molecule has 0 aliphatic rings. The summed E-state index contributed by atoms with van der Waals surface area (Å²) < 4.78 is 0. The topological polar surface area (TPSA) is 41.1 Å². The Morgan fingerprint density at radius 3 is 2.64 bits per heavy atom. The summed E-state index contributed by atoms with van der Waals surface area (Å²) in [6.45, 7) is 5.88. The monoisotopic (exact) mass is 154 g/mol. The summed E-state index contributed by atoms with van der Waals surface area (Å²) in [4.78, 5) is 10.8. The van der Waals surface area contributed by atoms with Gasteiger partial charge in [0, 0.05) is 12.2 Å². The van der Waals surface area contributed by atoms with Crippen LogP contribution in [-0.4, -0.2) is 19.5 Å². The zero-order chi connectivity index (χ0) is 8.69. The number of hydrogen-bond donors (Lipinski definition) is 2. The Morgan fingerprint density at radius 1 is 1.64 bits per heavy atom. The molecule has 0 saturated carbocycles. The van der Waals surface area contributed by atoms with Gasteiger partial charge in [0.25, 0.3) is 0 Å². The maximum Gasteiger partial charge on any atom is 0.247 e. The molecule has 2 N–H and O–H groups in total. The second kappa shape index (κ2) is 5.68. The predicted octanol–water partition coefficient (Wildman–Crippen LogP) is 0.412. The van der Waals surface area contributed by atoms with Crippen LogP contribution in [0.1, 0.15) is 6.92 Å². The van der Waals surface area contributed by atoms with Crippen molar-refractivity contribution in [1.82, 2.24) is 10.6 Å². The molecule has 0 aromatic carbocycles. The third-order valence-corrected chi connectivity index (χ3v) is 1.18. The second-order valence-corrected chi connectivity index (χ2v) is 2.04. The fourth-order valence-corrected chi connectivity index (χ4v) is 0.618. The minimum Gasteiger partial charge on any atom is -0.325 e. The van der Waals surface area contributed by atoms with E-state index in [9.17, 15) is 4.79 Å². The van der Waals surface area contributed by atoms with Crippen LogP contribution in [0.15, 0.2) is 24.4 Å². The molecule has 3 heteroatoms. The van der Waals surface area contributed by atoms with Crippen LogP contribution in [0, 0.1) is 0 Å². The third kappa shape index (κ3) is 4.33. The van der Waals surface area contributed by atoms with Gasteiger partial charge in [-0.25, -0.2) is 0 Å². The van der Waals surface area contributed by atoms with Crippen molar-refractivity contribution in [3.05, 3.63) is 24.4 Å². The number of amides is 1. The molecule has 0 saturated heterocycles. The molecule has 1 amide bonds. The van der Waals surface area contributed by atoms with Crippen LogP contribution in [0.2, 0.25) is 0 Å². The van der Waals surface area contributed by atoms with Crippen molar-refractivity contribution >= 4 is 5.91 Å². The summed E-state index contributed by atoms with van der Waals surface area (Å²) in [6.07, 6.45) is 3.09. The summed E-state index contributed by atoms with van der Waals surface area (Å²) in [7, 11) is 1.82. The van der Waals surface area contributed by atoms with E-state index in [0.29, 0.717) is 6.54 Å². The minimum absolute atomic E-state index is 0.173. The largest absolute Gasteiger partial charge is 0.325 e. The highest BCUT2D eigenvalue weighted by atomic mass is 16.1. The second-order valence-electron chi connectivity index (χ2n) is 2.04. The zero-order valence-corrected chi connectivity index (χ0v) is 6.98. The average Bonchev–Trinajstić information content (AvgIpc) is 2.03. The molecule has 0 heterocycles. The van der Waals surface area contributed by atoms with Crippen molar-refractivity contribution in [1.29, 1.82) is 0 Å². The number of rotatable bonds is 4. The Kier molecular flexibility index (Phi) is 5.11. The number of likely N-dealkylation sites (N-methyl/N-ethyl adjacent to an activating group) is 1. The Bertz CT molecular complexity index is 173. The first-order chi connectivity index (χ1) is 5.24. The van der Waals surface area contributed by atoms with Gasteiger partial charge >= 0.3 is 0 Å². The molecule has 0 aliphatic carbocycles. The summed E-state index contributed by atoms with van der Waals surface area (Å²) >= 11 is 0. The van der Waals surface area contributed by atoms with E-state index >= 15 is 0 Å². The number of hydrogen-bond acceptors (Lipinski definition) is 2. The standard InChI is InChI=1S/C8H14N2O/c1-4-7(6-9-3)10-8(11)5-2/h4-5,9H,2,6H2,1,3H3,(H,10,11)/b7-4+. The Labute approximate surface area is 67.2 Å². The molecule has 0 bridgehead atoms. The van der Waals surface area contributed by atoms with Crippen molar-refractivity contribution in [3.8, 4) is 0 Å². The predicted molar refractivity (Wildman–Crippen MR) is 46.0 cm³/mol. The first kappa shape index (κ1) is 9.91. The maximum absolute atomic E-state index is 10.8. The van der Waals surface area contributed by atoms with E-state index in [-0.39, 0.29) is 5.91 Å². The number of carbonyl (C=O) groups is 1. The average molecular weight is 154 g/mol. The number of nitrogens with one attached hydrogen (secondary N) is 2. The SMILES string of the molecule is C=CC(=O)N/C(=C/C)CNC. The lowest BCUT2D eigenvalue weighted by Gasteiger charge is -2.05. The van der Waals surface area contributed by atoms with Gasteiger partial charge in [-0.05, 0) is 20.0 Å². The highest BCUT2D eigenvalue weighted by molar-refractivity contribution is 5.88. The Balaban J connectivity index is 3.88. The summed E-state index contributed by atoms with van der Waals surface area (Å²) in [5.41, 5.74) is 0.859. The molecule has 0 aromatic rings. The van der Waals surface area contributed by atoms with Crippen LogP contribution >= 0.6 is 0 Å². The quantitative estimate of drug-likeness (QED) is 0.576. The molecule has 62 valence electrons. The molecule has 0 fully saturated rings. The summed E-state index contributed by atoms with van der Waals surface area (Å²) in [5.74, 6) is -0.173.